The van der Waals surface area contributed by atoms with E-state index in [9.17, 15) is 4.79 Å². The number of hydrogen-bond acceptors (Lipinski definition) is 5. The maximum atomic E-state index is 13.0. The molecule has 6 heteroatoms. The topological polar surface area (TPSA) is 61.6 Å². The van der Waals surface area contributed by atoms with Crippen LogP contribution < -0.4 is 5.32 Å². The summed E-state index contributed by atoms with van der Waals surface area (Å²) < 4.78 is 5.96. The Bertz CT molecular complexity index is 1190. The van der Waals surface area contributed by atoms with Gasteiger partial charge in [0.05, 0.1) is 5.69 Å². The fourth-order valence-corrected chi connectivity index (χ4v) is 5.93. The fraction of sp³-hybridized carbons (Fsp3) is 0.448. The third-order valence-electron chi connectivity index (χ3n) is 8.02. The summed E-state index contributed by atoms with van der Waals surface area (Å²) in [7, 11) is 0. The molecule has 1 unspecified atom stereocenters. The Morgan fingerprint density at radius 2 is 1.91 bits per heavy atom. The van der Waals surface area contributed by atoms with Gasteiger partial charge in [-0.3, -0.25) is 9.69 Å². The van der Waals surface area contributed by atoms with Crippen molar-refractivity contribution in [1.82, 2.24) is 20.1 Å². The van der Waals surface area contributed by atoms with Crippen LogP contribution in [0, 0.1) is 6.92 Å². The van der Waals surface area contributed by atoms with Crippen LogP contribution in [0.3, 0.4) is 0 Å². The number of nitrogens with zero attached hydrogens (tertiary/aromatic N) is 3. The van der Waals surface area contributed by atoms with Gasteiger partial charge < -0.3 is 14.6 Å². The van der Waals surface area contributed by atoms with Crippen molar-refractivity contribution in [3.8, 4) is 11.5 Å². The molecule has 0 radical (unpaired) electrons. The van der Waals surface area contributed by atoms with Crippen molar-refractivity contribution in [2.75, 3.05) is 26.2 Å². The van der Waals surface area contributed by atoms with Crippen LogP contribution in [0.2, 0.25) is 0 Å². The largest absolute Gasteiger partial charge is 0.441 e. The maximum absolute atomic E-state index is 13.0. The van der Waals surface area contributed by atoms with Gasteiger partial charge >= 0.3 is 0 Å². The monoisotopic (exact) mass is 470 g/mol. The fourth-order valence-electron chi connectivity index (χ4n) is 5.93. The number of benzene rings is 2. The molecule has 35 heavy (non-hydrogen) atoms. The zero-order chi connectivity index (χ0) is 23.8. The third kappa shape index (κ3) is 4.53. The smallest absolute Gasteiger partial charge is 0.254 e. The zero-order valence-corrected chi connectivity index (χ0v) is 20.5. The minimum absolute atomic E-state index is 0.216. The molecule has 1 atom stereocenters. The molecule has 4 heterocycles. The predicted octanol–water partition coefficient (Wildman–Crippen LogP) is 4.74. The van der Waals surface area contributed by atoms with Crippen molar-refractivity contribution in [3.63, 3.8) is 0 Å². The molecule has 6 rings (SSSR count). The number of carbonyl (C=O) groups is 1. The molecule has 0 spiro atoms. The second-order valence-electron chi connectivity index (χ2n) is 10.3. The van der Waals surface area contributed by atoms with E-state index in [-0.39, 0.29) is 5.91 Å². The number of oxazole rings is 1. The van der Waals surface area contributed by atoms with E-state index in [0.29, 0.717) is 17.9 Å². The SMILES string of the molecule is Cc1oc(-c2ccccc2)nc1CN1CCC(c2ccc3c(c2)CN(C2CCCNC2)C3=O)CC1. The van der Waals surface area contributed by atoms with Crippen LogP contribution in [0.5, 0.6) is 0 Å². The quantitative estimate of drug-likeness (QED) is 0.584. The standard InChI is InChI=1S/C29H34N4O2/c1-20-27(31-28(35-20)22-6-3-2-4-7-22)19-32-14-11-21(12-15-32)23-9-10-26-24(16-23)18-33(29(26)34)25-8-5-13-30-17-25/h2-4,6-7,9-10,16,21,25,30H,5,8,11-15,17-19H2,1H3. The molecule has 0 aliphatic carbocycles. The predicted molar refractivity (Wildman–Crippen MR) is 136 cm³/mol. The highest BCUT2D eigenvalue weighted by atomic mass is 16.4. The van der Waals surface area contributed by atoms with Crippen molar-refractivity contribution in [2.45, 2.75) is 57.7 Å². The summed E-state index contributed by atoms with van der Waals surface area (Å²) in [6.45, 7) is 7.70. The number of aromatic nitrogens is 1. The average molecular weight is 471 g/mol. The van der Waals surface area contributed by atoms with Crippen LogP contribution >= 0.6 is 0 Å². The average Bonchev–Trinajstić information content (AvgIpc) is 3.44. The molecule has 1 N–H and O–H groups in total. The number of rotatable bonds is 5. The zero-order valence-electron chi connectivity index (χ0n) is 20.5. The van der Waals surface area contributed by atoms with E-state index in [0.717, 1.165) is 87.5 Å². The molecule has 3 aliphatic rings. The van der Waals surface area contributed by atoms with Gasteiger partial charge in [0.15, 0.2) is 0 Å². The molecule has 2 aromatic carbocycles. The Morgan fingerprint density at radius 3 is 2.69 bits per heavy atom. The number of nitrogens with one attached hydrogen (secondary N) is 1. The van der Waals surface area contributed by atoms with Gasteiger partial charge in [-0.05, 0) is 87.5 Å². The lowest BCUT2D eigenvalue weighted by Crippen LogP contribution is -2.46. The number of piperidine rings is 2. The summed E-state index contributed by atoms with van der Waals surface area (Å²) in [6, 6.07) is 17.0. The number of hydrogen-bond donors (Lipinski definition) is 1. The Balaban J connectivity index is 1.08. The van der Waals surface area contributed by atoms with Gasteiger partial charge in [-0.15, -0.1) is 0 Å². The molecule has 3 aromatic rings. The minimum Gasteiger partial charge on any atom is -0.441 e. The first kappa shape index (κ1) is 22.5. The summed E-state index contributed by atoms with van der Waals surface area (Å²) >= 11 is 0. The molecule has 6 nitrogen and oxygen atoms in total. The molecular formula is C29H34N4O2. The van der Waals surface area contributed by atoms with E-state index in [1.807, 2.05) is 37.3 Å². The summed E-state index contributed by atoms with van der Waals surface area (Å²) in [5.41, 5.74) is 5.58. The van der Waals surface area contributed by atoms with Gasteiger partial charge in [0, 0.05) is 36.8 Å². The van der Waals surface area contributed by atoms with E-state index in [1.54, 1.807) is 0 Å². The van der Waals surface area contributed by atoms with Crippen LogP contribution in [0.25, 0.3) is 11.5 Å². The first-order valence-electron chi connectivity index (χ1n) is 13.0. The normalized spacial score (nSPS) is 21.5. The number of aryl methyl sites for hydroxylation is 1. The van der Waals surface area contributed by atoms with E-state index >= 15 is 0 Å². The number of carbonyl (C=O) groups excluding carboxylic acids is 1. The van der Waals surface area contributed by atoms with Crippen molar-refractivity contribution < 1.29 is 9.21 Å². The second kappa shape index (κ2) is 9.59. The van der Waals surface area contributed by atoms with Crippen molar-refractivity contribution in [1.29, 1.82) is 0 Å². The lowest BCUT2D eigenvalue weighted by Gasteiger charge is -2.32. The highest BCUT2D eigenvalue weighted by Gasteiger charge is 2.34. The van der Waals surface area contributed by atoms with Gasteiger partial charge in [-0.2, -0.15) is 0 Å². The molecule has 2 fully saturated rings. The number of amides is 1. The molecule has 3 aliphatic heterocycles. The van der Waals surface area contributed by atoms with E-state index in [4.69, 9.17) is 9.40 Å². The minimum atomic E-state index is 0.216. The van der Waals surface area contributed by atoms with E-state index < -0.39 is 0 Å². The van der Waals surface area contributed by atoms with Gasteiger partial charge in [-0.1, -0.05) is 30.3 Å². The van der Waals surface area contributed by atoms with Gasteiger partial charge in [0.25, 0.3) is 5.91 Å². The summed E-state index contributed by atoms with van der Waals surface area (Å²) in [6.07, 6.45) is 4.52. The summed E-state index contributed by atoms with van der Waals surface area (Å²) in [5.74, 6) is 2.38. The first-order valence-corrected chi connectivity index (χ1v) is 13.0. The first-order chi connectivity index (χ1) is 17.2. The molecule has 182 valence electrons. The summed E-state index contributed by atoms with van der Waals surface area (Å²) in [5, 5.41) is 3.45. The molecule has 1 amide bonds. The lowest BCUT2D eigenvalue weighted by molar-refractivity contribution is 0.0674. The summed E-state index contributed by atoms with van der Waals surface area (Å²) in [4.78, 5) is 22.4. The number of likely N-dealkylation sites (tertiary alicyclic amines) is 1. The van der Waals surface area contributed by atoms with Crippen molar-refractivity contribution in [3.05, 3.63) is 76.7 Å². The highest BCUT2D eigenvalue weighted by Crippen LogP contribution is 2.34. The highest BCUT2D eigenvalue weighted by molar-refractivity contribution is 5.98. The van der Waals surface area contributed by atoms with Gasteiger partial charge in [0.1, 0.15) is 5.76 Å². The van der Waals surface area contributed by atoms with E-state index in [2.05, 4.69) is 33.3 Å². The Kier molecular flexibility index (Phi) is 6.17. The molecule has 0 saturated carbocycles. The third-order valence-corrected chi connectivity index (χ3v) is 8.02. The Hall–Kier alpha value is -2.96. The van der Waals surface area contributed by atoms with Crippen LogP contribution in [-0.2, 0) is 13.1 Å². The number of fused-ring (bicyclic) bond motifs is 1. The molecule has 1 aromatic heterocycles. The molecule has 0 bridgehead atoms. The molecule has 2 saturated heterocycles. The Labute approximate surface area is 207 Å². The van der Waals surface area contributed by atoms with Crippen molar-refractivity contribution >= 4 is 5.91 Å². The van der Waals surface area contributed by atoms with Crippen LogP contribution in [0.15, 0.2) is 52.9 Å². The maximum Gasteiger partial charge on any atom is 0.254 e. The molecular weight excluding hydrogens is 436 g/mol. The van der Waals surface area contributed by atoms with Gasteiger partial charge in [-0.25, -0.2) is 4.98 Å². The Morgan fingerprint density at radius 1 is 1.09 bits per heavy atom. The lowest BCUT2D eigenvalue weighted by atomic mass is 9.88. The van der Waals surface area contributed by atoms with Crippen LogP contribution in [0.4, 0.5) is 0 Å². The van der Waals surface area contributed by atoms with Crippen LogP contribution in [0.1, 0.15) is 64.5 Å². The van der Waals surface area contributed by atoms with Crippen LogP contribution in [-0.4, -0.2) is 52.9 Å². The van der Waals surface area contributed by atoms with E-state index in [1.165, 1.54) is 11.1 Å². The second-order valence-corrected chi connectivity index (χ2v) is 10.3. The van der Waals surface area contributed by atoms with Crippen molar-refractivity contribution in [2.24, 2.45) is 0 Å². The van der Waals surface area contributed by atoms with Gasteiger partial charge in [0.2, 0.25) is 5.89 Å².